The molecule has 0 saturated carbocycles. The van der Waals surface area contributed by atoms with Gasteiger partial charge < -0.3 is 9.64 Å². The van der Waals surface area contributed by atoms with Crippen LogP contribution in [0.4, 0.5) is 5.00 Å². The van der Waals surface area contributed by atoms with Gasteiger partial charge in [-0.25, -0.2) is 18.4 Å². The first-order valence-corrected chi connectivity index (χ1v) is 8.76. The van der Waals surface area contributed by atoms with E-state index < -0.39 is 21.2 Å². The second-order valence-electron chi connectivity index (χ2n) is 4.72. The highest BCUT2D eigenvalue weighted by Crippen LogP contribution is 2.35. The largest absolute Gasteiger partial charge is 0.462 e. The number of carbonyl (C=O) groups is 2. The number of nitrogens with zero attached hydrogens (tertiary/aromatic N) is 1. The molecule has 1 amide bonds. The predicted molar refractivity (Wildman–Crippen MR) is 78.9 cm³/mol. The van der Waals surface area contributed by atoms with Gasteiger partial charge in [-0.1, -0.05) is 0 Å². The molecule has 1 aliphatic rings. The summed E-state index contributed by atoms with van der Waals surface area (Å²) in [5.41, 5.74) is 0.280. The van der Waals surface area contributed by atoms with Crippen molar-refractivity contribution >= 4 is 38.2 Å². The third kappa shape index (κ3) is 3.25. The molecule has 1 unspecified atom stereocenters. The van der Waals surface area contributed by atoms with Gasteiger partial charge in [0, 0.05) is 17.8 Å². The fraction of sp³-hybridized carbons (Fsp3) is 0.500. The number of amides is 1. The summed E-state index contributed by atoms with van der Waals surface area (Å²) in [5, 5.41) is 4.58. The standard InChI is InChI=1S/C12H16N2O5S2/c1-3-19-12(16)9-4-7(2)20-11(9)14-6-8(5-10(14)15)21(13,17)18/h4,8H,3,5-6H2,1-2H3,(H2,13,17,18). The van der Waals surface area contributed by atoms with Crippen molar-refractivity contribution in [2.24, 2.45) is 5.14 Å². The third-order valence-corrected chi connectivity index (χ3v) is 5.45. The minimum absolute atomic E-state index is 0.0377. The zero-order valence-electron chi connectivity index (χ0n) is 11.7. The molecule has 1 aromatic rings. The molecule has 1 atom stereocenters. The maximum absolute atomic E-state index is 12.0. The minimum Gasteiger partial charge on any atom is -0.462 e. The Labute approximate surface area is 126 Å². The topological polar surface area (TPSA) is 107 Å². The van der Waals surface area contributed by atoms with Crippen molar-refractivity contribution in [3.8, 4) is 0 Å². The van der Waals surface area contributed by atoms with E-state index >= 15 is 0 Å². The molecule has 1 fully saturated rings. The zero-order valence-corrected chi connectivity index (χ0v) is 13.3. The number of thiophene rings is 1. The Kier molecular flexibility index (Phi) is 4.35. The van der Waals surface area contributed by atoms with Gasteiger partial charge in [0.2, 0.25) is 15.9 Å². The number of aryl methyl sites for hydroxylation is 1. The highest BCUT2D eigenvalue weighted by molar-refractivity contribution is 7.89. The normalized spacial score (nSPS) is 19.1. The van der Waals surface area contributed by atoms with Crippen LogP contribution in [0.5, 0.6) is 0 Å². The number of anilines is 1. The van der Waals surface area contributed by atoms with Crippen LogP contribution in [0.3, 0.4) is 0 Å². The average Bonchev–Trinajstić information content (AvgIpc) is 2.92. The molecule has 0 aliphatic carbocycles. The van der Waals surface area contributed by atoms with Gasteiger partial charge in [0.1, 0.15) is 10.3 Å². The van der Waals surface area contributed by atoms with E-state index in [1.54, 1.807) is 19.9 Å². The van der Waals surface area contributed by atoms with Gasteiger partial charge in [0.05, 0.1) is 12.2 Å². The molecule has 2 heterocycles. The van der Waals surface area contributed by atoms with Crippen LogP contribution >= 0.6 is 11.3 Å². The van der Waals surface area contributed by atoms with Crippen LogP contribution in [0.1, 0.15) is 28.6 Å². The van der Waals surface area contributed by atoms with E-state index in [1.807, 2.05) is 0 Å². The highest BCUT2D eigenvalue weighted by Gasteiger charge is 2.39. The molecule has 0 bridgehead atoms. The lowest BCUT2D eigenvalue weighted by atomic mass is 10.3. The van der Waals surface area contributed by atoms with Crippen LogP contribution in [0.15, 0.2) is 6.07 Å². The van der Waals surface area contributed by atoms with Crippen LogP contribution in [0.2, 0.25) is 0 Å². The van der Waals surface area contributed by atoms with Crippen LogP contribution < -0.4 is 10.0 Å². The smallest absolute Gasteiger partial charge is 0.341 e. The fourth-order valence-electron chi connectivity index (χ4n) is 2.15. The van der Waals surface area contributed by atoms with E-state index in [0.717, 1.165) is 4.88 Å². The summed E-state index contributed by atoms with van der Waals surface area (Å²) in [6.45, 7) is 3.67. The molecule has 2 rings (SSSR count). The Morgan fingerprint density at radius 3 is 2.76 bits per heavy atom. The zero-order chi connectivity index (χ0) is 15.8. The van der Waals surface area contributed by atoms with Crippen LogP contribution in [0, 0.1) is 6.92 Å². The summed E-state index contributed by atoms with van der Waals surface area (Å²) in [6, 6.07) is 1.63. The number of ether oxygens (including phenoxy) is 1. The number of carbonyl (C=O) groups excluding carboxylic acids is 2. The molecule has 0 aromatic carbocycles. The highest BCUT2D eigenvalue weighted by atomic mass is 32.2. The number of esters is 1. The molecule has 116 valence electrons. The van der Waals surface area contributed by atoms with E-state index in [4.69, 9.17) is 9.88 Å². The predicted octanol–water partition coefficient (Wildman–Crippen LogP) is 0.627. The van der Waals surface area contributed by atoms with Crippen molar-refractivity contribution in [2.45, 2.75) is 25.5 Å². The van der Waals surface area contributed by atoms with Gasteiger partial charge in [-0.15, -0.1) is 11.3 Å². The molecule has 2 N–H and O–H groups in total. The van der Waals surface area contributed by atoms with Crippen molar-refractivity contribution in [1.82, 2.24) is 0 Å². The van der Waals surface area contributed by atoms with E-state index in [0.29, 0.717) is 5.00 Å². The number of primary sulfonamides is 1. The van der Waals surface area contributed by atoms with Gasteiger partial charge in [0.15, 0.2) is 0 Å². The molecular weight excluding hydrogens is 316 g/mol. The van der Waals surface area contributed by atoms with E-state index in [-0.39, 0.29) is 31.0 Å². The summed E-state index contributed by atoms with van der Waals surface area (Å²) < 4.78 is 27.7. The molecule has 0 spiro atoms. The Hall–Kier alpha value is -1.45. The van der Waals surface area contributed by atoms with E-state index in [9.17, 15) is 18.0 Å². The second kappa shape index (κ2) is 5.74. The lowest BCUT2D eigenvalue weighted by Crippen LogP contribution is -2.32. The lowest BCUT2D eigenvalue weighted by Gasteiger charge is -2.15. The summed E-state index contributed by atoms with van der Waals surface area (Å²) in [5.74, 6) is -0.884. The van der Waals surface area contributed by atoms with Crippen LogP contribution in [-0.2, 0) is 19.6 Å². The van der Waals surface area contributed by atoms with Gasteiger partial charge in [-0.2, -0.15) is 0 Å². The number of hydrogen-bond donors (Lipinski definition) is 1. The molecule has 9 heteroatoms. The maximum Gasteiger partial charge on any atom is 0.341 e. The summed E-state index contributed by atoms with van der Waals surface area (Å²) >= 11 is 1.25. The first-order chi connectivity index (χ1) is 9.74. The van der Waals surface area contributed by atoms with Gasteiger partial charge in [-0.3, -0.25) is 4.79 Å². The molecule has 1 saturated heterocycles. The monoisotopic (exact) mass is 332 g/mol. The lowest BCUT2D eigenvalue weighted by molar-refractivity contribution is -0.117. The molecule has 1 aliphatic heterocycles. The Morgan fingerprint density at radius 1 is 1.57 bits per heavy atom. The molecular formula is C12H16N2O5S2. The van der Waals surface area contributed by atoms with Crippen LogP contribution in [0.25, 0.3) is 0 Å². The fourth-order valence-corrected chi connectivity index (χ4v) is 3.90. The minimum atomic E-state index is -3.79. The average molecular weight is 332 g/mol. The van der Waals surface area contributed by atoms with Crippen molar-refractivity contribution in [2.75, 3.05) is 18.1 Å². The molecule has 7 nitrogen and oxygen atoms in total. The molecule has 21 heavy (non-hydrogen) atoms. The summed E-state index contributed by atoms with van der Waals surface area (Å²) in [6.07, 6.45) is -0.169. The van der Waals surface area contributed by atoms with Gasteiger partial charge in [0.25, 0.3) is 0 Å². The summed E-state index contributed by atoms with van der Waals surface area (Å²) in [7, 11) is -3.79. The number of nitrogens with two attached hydrogens (primary N) is 1. The van der Waals surface area contributed by atoms with Crippen molar-refractivity contribution in [3.63, 3.8) is 0 Å². The Morgan fingerprint density at radius 2 is 2.24 bits per heavy atom. The molecule has 1 aromatic heterocycles. The van der Waals surface area contributed by atoms with Crippen molar-refractivity contribution < 1.29 is 22.7 Å². The number of hydrogen-bond acceptors (Lipinski definition) is 6. The third-order valence-electron chi connectivity index (χ3n) is 3.13. The quantitative estimate of drug-likeness (QED) is 0.814. The SMILES string of the molecule is CCOC(=O)c1cc(C)sc1N1CC(S(N)(=O)=O)CC1=O. The number of sulfonamides is 1. The Bertz CT molecular complexity index is 680. The first kappa shape index (κ1) is 15.9. The van der Waals surface area contributed by atoms with Crippen molar-refractivity contribution in [1.29, 1.82) is 0 Å². The second-order valence-corrected chi connectivity index (χ2v) is 7.80. The first-order valence-electron chi connectivity index (χ1n) is 6.33. The van der Waals surface area contributed by atoms with Gasteiger partial charge in [-0.05, 0) is 19.9 Å². The van der Waals surface area contributed by atoms with E-state index in [2.05, 4.69) is 0 Å². The van der Waals surface area contributed by atoms with Crippen LogP contribution in [-0.4, -0.2) is 38.7 Å². The summed E-state index contributed by atoms with van der Waals surface area (Å²) in [4.78, 5) is 26.1. The van der Waals surface area contributed by atoms with E-state index in [1.165, 1.54) is 16.2 Å². The Balaban J connectivity index is 2.35. The van der Waals surface area contributed by atoms with Crippen molar-refractivity contribution in [3.05, 3.63) is 16.5 Å². The van der Waals surface area contributed by atoms with Gasteiger partial charge >= 0.3 is 5.97 Å². The molecule has 0 radical (unpaired) electrons. The maximum atomic E-state index is 12.0. The number of rotatable bonds is 4.